The Labute approximate surface area is 104 Å². The van der Waals surface area contributed by atoms with Crippen LogP contribution in [0.5, 0.6) is 0 Å². The Morgan fingerprint density at radius 1 is 1.35 bits per heavy atom. The van der Waals surface area contributed by atoms with E-state index in [0.717, 1.165) is 37.4 Å². The summed E-state index contributed by atoms with van der Waals surface area (Å²) < 4.78 is 0. The molecule has 0 aliphatic rings. The van der Waals surface area contributed by atoms with Crippen LogP contribution in [-0.2, 0) is 6.42 Å². The van der Waals surface area contributed by atoms with Crippen molar-refractivity contribution in [3.05, 3.63) is 18.1 Å². The Morgan fingerprint density at radius 3 is 2.71 bits per heavy atom. The normalized spacial score (nSPS) is 10.9. The van der Waals surface area contributed by atoms with Gasteiger partial charge in [0.15, 0.2) is 0 Å². The van der Waals surface area contributed by atoms with E-state index in [9.17, 15) is 0 Å². The second kappa shape index (κ2) is 7.22. The molecule has 1 rings (SSSR count). The Bertz CT molecular complexity index is 325. The molecule has 0 bridgehead atoms. The Kier molecular flexibility index (Phi) is 5.91. The summed E-state index contributed by atoms with van der Waals surface area (Å²) in [5.74, 6) is 1.61. The lowest BCUT2D eigenvalue weighted by atomic mass is 10.2. The van der Waals surface area contributed by atoms with Crippen molar-refractivity contribution in [2.45, 2.75) is 33.6 Å². The van der Waals surface area contributed by atoms with Crippen LogP contribution in [0, 0.1) is 5.92 Å². The summed E-state index contributed by atoms with van der Waals surface area (Å²) in [7, 11) is 0. The average Bonchev–Trinajstić information content (AvgIpc) is 2.29. The number of anilines is 1. The number of hydrogen-bond donors (Lipinski definition) is 1. The van der Waals surface area contributed by atoms with Crippen LogP contribution in [0.3, 0.4) is 0 Å². The summed E-state index contributed by atoms with van der Waals surface area (Å²) >= 11 is 0. The minimum atomic E-state index is 0.603. The van der Waals surface area contributed by atoms with E-state index in [-0.39, 0.29) is 0 Å². The minimum absolute atomic E-state index is 0.603. The van der Waals surface area contributed by atoms with Gasteiger partial charge < -0.3 is 10.6 Å². The molecule has 0 radical (unpaired) electrons. The number of nitrogens with two attached hydrogens (primary N) is 1. The maximum Gasteiger partial charge on any atom is 0.132 e. The van der Waals surface area contributed by atoms with Gasteiger partial charge in [0, 0.05) is 31.4 Å². The van der Waals surface area contributed by atoms with Gasteiger partial charge in [-0.3, -0.25) is 0 Å². The van der Waals surface area contributed by atoms with Gasteiger partial charge in [-0.05, 0) is 12.3 Å². The molecule has 4 heteroatoms. The number of rotatable bonds is 7. The van der Waals surface area contributed by atoms with Gasteiger partial charge >= 0.3 is 0 Å². The third-order valence-corrected chi connectivity index (χ3v) is 2.52. The summed E-state index contributed by atoms with van der Waals surface area (Å²) in [4.78, 5) is 10.9. The molecule has 0 amide bonds. The quantitative estimate of drug-likeness (QED) is 0.785. The standard InChI is InChI=1S/C13H24N4/c1-4-5-12-8-13(16-10-15-12)17(7-6-14)9-11(2)3/h8,10-11H,4-7,9,14H2,1-3H3. The molecule has 2 N–H and O–H groups in total. The molecule has 0 aromatic carbocycles. The highest BCUT2D eigenvalue weighted by molar-refractivity contribution is 5.39. The lowest BCUT2D eigenvalue weighted by Gasteiger charge is -2.25. The molecule has 0 fully saturated rings. The van der Waals surface area contributed by atoms with E-state index in [0.29, 0.717) is 12.5 Å². The molecule has 1 aromatic rings. The number of nitrogens with zero attached hydrogens (tertiary/aromatic N) is 3. The van der Waals surface area contributed by atoms with Crippen LogP contribution < -0.4 is 10.6 Å². The molecule has 0 saturated carbocycles. The molecule has 0 aliphatic carbocycles. The van der Waals surface area contributed by atoms with E-state index < -0.39 is 0 Å². The highest BCUT2D eigenvalue weighted by atomic mass is 15.2. The molecule has 0 atom stereocenters. The predicted octanol–water partition coefficient (Wildman–Crippen LogP) is 1.85. The summed E-state index contributed by atoms with van der Waals surface area (Å²) in [6.45, 7) is 9.06. The van der Waals surface area contributed by atoms with Crippen molar-refractivity contribution < 1.29 is 0 Å². The van der Waals surface area contributed by atoms with Crippen molar-refractivity contribution in [2.75, 3.05) is 24.5 Å². The maximum atomic E-state index is 5.65. The van der Waals surface area contributed by atoms with E-state index in [4.69, 9.17) is 5.73 Å². The molecule has 1 aromatic heterocycles. The maximum absolute atomic E-state index is 5.65. The first-order chi connectivity index (χ1) is 8.17. The molecule has 4 nitrogen and oxygen atoms in total. The molecule has 0 unspecified atom stereocenters. The Hall–Kier alpha value is -1.16. The topological polar surface area (TPSA) is 55.0 Å². The monoisotopic (exact) mass is 236 g/mol. The van der Waals surface area contributed by atoms with Crippen LogP contribution in [0.15, 0.2) is 12.4 Å². The SMILES string of the molecule is CCCc1cc(N(CCN)CC(C)C)ncn1. The number of hydrogen-bond acceptors (Lipinski definition) is 4. The average molecular weight is 236 g/mol. The molecule has 0 saturated heterocycles. The zero-order chi connectivity index (χ0) is 12.7. The van der Waals surface area contributed by atoms with E-state index in [1.54, 1.807) is 6.33 Å². The van der Waals surface area contributed by atoms with Gasteiger partial charge in [0.1, 0.15) is 12.1 Å². The number of aryl methyl sites for hydroxylation is 1. The van der Waals surface area contributed by atoms with Gasteiger partial charge in [-0.1, -0.05) is 27.2 Å². The van der Waals surface area contributed by atoms with Crippen molar-refractivity contribution in [1.29, 1.82) is 0 Å². The summed E-state index contributed by atoms with van der Waals surface area (Å²) in [6.07, 6.45) is 3.77. The fourth-order valence-electron chi connectivity index (χ4n) is 1.85. The second-order valence-corrected chi connectivity index (χ2v) is 4.75. The highest BCUT2D eigenvalue weighted by Gasteiger charge is 2.09. The first kappa shape index (κ1) is 13.9. The van der Waals surface area contributed by atoms with E-state index in [1.165, 1.54) is 0 Å². The van der Waals surface area contributed by atoms with E-state index in [2.05, 4.69) is 41.7 Å². The van der Waals surface area contributed by atoms with Crippen molar-refractivity contribution in [3.8, 4) is 0 Å². The third-order valence-electron chi connectivity index (χ3n) is 2.52. The molecule has 1 heterocycles. The van der Waals surface area contributed by atoms with Crippen LogP contribution >= 0.6 is 0 Å². The third kappa shape index (κ3) is 4.69. The van der Waals surface area contributed by atoms with Crippen molar-refractivity contribution in [2.24, 2.45) is 11.7 Å². The van der Waals surface area contributed by atoms with E-state index >= 15 is 0 Å². The molecular formula is C13H24N4. The summed E-state index contributed by atoms with van der Waals surface area (Å²) in [5, 5.41) is 0. The minimum Gasteiger partial charge on any atom is -0.355 e. The van der Waals surface area contributed by atoms with Crippen molar-refractivity contribution >= 4 is 5.82 Å². The van der Waals surface area contributed by atoms with Gasteiger partial charge in [0.25, 0.3) is 0 Å². The van der Waals surface area contributed by atoms with Gasteiger partial charge in [-0.2, -0.15) is 0 Å². The largest absolute Gasteiger partial charge is 0.355 e. The van der Waals surface area contributed by atoms with Gasteiger partial charge in [-0.15, -0.1) is 0 Å². The van der Waals surface area contributed by atoms with Crippen molar-refractivity contribution in [1.82, 2.24) is 9.97 Å². The van der Waals surface area contributed by atoms with Crippen LogP contribution in [0.4, 0.5) is 5.82 Å². The molecule has 0 aliphatic heterocycles. The first-order valence-electron chi connectivity index (χ1n) is 6.43. The van der Waals surface area contributed by atoms with Gasteiger partial charge in [0.2, 0.25) is 0 Å². The second-order valence-electron chi connectivity index (χ2n) is 4.75. The smallest absolute Gasteiger partial charge is 0.132 e. The molecule has 17 heavy (non-hydrogen) atoms. The lowest BCUT2D eigenvalue weighted by molar-refractivity contribution is 0.606. The van der Waals surface area contributed by atoms with Crippen LogP contribution in [-0.4, -0.2) is 29.6 Å². The lowest BCUT2D eigenvalue weighted by Crippen LogP contribution is -2.33. The molecular weight excluding hydrogens is 212 g/mol. The van der Waals surface area contributed by atoms with Gasteiger partial charge in [-0.25, -0.2) is 9.97 Å². The summed E-state index contributed by atoms with van der Waals surface area (Å²) in [5.41, 5.74) is 6.77. The van der Waals surface area contributed by atoms with Crippen LogP contribution in [0.2, 0.25) is 0 Å². The Morgan fingerprint density at radius 2 is 2.12 bits per heavy atom. The van der Waals surface area contributed by atoms with Gasteiger partial charge in [0.05, 0.1) is 0 Å². The molecule has 0 spiro atoms. The van der Waals surface area contributed by atoms with E-state index in [1.807, 2.05) is 0 Å². The first-order valence-corrected chi connectivity index (χ1v) is 6.43. The Balaban J connectivity index is 2.81. The fourth-order valence-corrected chi connectivity index (χ4v) is 1.85. The zero-order valence-corrected chi connectivity index (χ0v) is 11.2. The molecule has 96 valence electrons. The zero-order valence-electron chi connectivity index (χ0n) is 11.2. The predicted molar refractivity (Wildman–Crippen MR) is 72.1 cm³/mol. The summed E-state index contributed by atoms with van der Waals surface area (Å²) in [6, 6.07) is 2.08. The van der Waals surface area contributed by atoms with Crippen LogP contribution in [0.1, 0.15) is 32.9 Å². The fraction of sp³-hybridized carbons (Fsp3) is 0.692. The number of aromatic nitrogens is 2. The highest BCUT2D eigenvalue weighted by Crippen LogP contribution is 2.13. The van der Waals surface area contributed by atoms with Crippen molar-refractivity contribution in [3.63, 3.8) is 0 Å². The van der Waals surface area contributed by atoms with Crippen LogP contribution in [0.25, 0.3) is 0 Å².